The summed E-state index contributed by atoms with van der Waals surface area (Å²) >= 11 is 0. The Labute approximate surface area is 125 Å². The molecule has 0 bridgehead atoms. The number of aryl methyl sites for hydroxylation is 2. The average Bonchev–Trinajstić information content (AvgIpc) is 2.96. The van der Waals surface area contributed by atoms with Gasteiger partial charge in [-0.2, -0.15) is 0 Å². The van der Waals surface area contributed by atoms with Crippen molar-refractivity contribution >= 4 is 11.9 Å². The summed E-state index contributed by atoms with van der Waals surface area (Å²) in [6, 6.07) is 20.7. The molecule has 0 amide bonds. The van der Waals surface area contributed by atoms with Crippen molar-refractivity contribution in [1.29, 1.82) is 0 Å². The van der Waals surface area contributed by atoms with E-state index in [0.29, 0.717) is 0 Å². The van der Waals surface area contributed by atoms with E-state index in [-0.39, 0.29) is 0 Å². The molecule has 0 saturated carbocycles. The predicted octanol–water partition coefficient (Wildman–Crippen LogP) is 4.84. The van der Waals surface area contributed by atoms with Crippen molar-refractivity contribution in [3.63, 3.8) is 0 Å². The van der Waals surface area contributed by atoms with Crippen LogP contribution in [0.4, 0.5) is 5.69 Å². The van der Waals surface area contributed by atoms with Gasteiger partial charge >= 0.3 is 0 Å². The fraction of sp³-hybridized carbons (Fsp3) is 0.105. The first-order chi connectivity index (χ1) is 10.3. The van der Waals surface area contributed by atoms with Gasteiger partial charge in [0.15, 0.2) is 0 Å². The quantitative estimate of drug-likeness (QED) is 0.608. The first-order valence-corrected chi connectivity index (χ1v) is 7.09. The van der Waals surface area contributed by atoms with Crippen LogP contribution in [0.15, 0.2) is 71.9 Å². The lowest BCUT2D eigenvalue weighted by Gasteiger charge is -2.07. The minimum absolute atomic E-state index is 1.05. The lowest BCUT2D eigenvalue weighted by molar-refractivity contribution is 1.07. The summed E-state index contributed by atoms with van der Waals surface area (Å²) < 4.78 is 2.14. The summed E-state index contributed by atoms with van der Waals surface area (Å²) in [5.74, 6) is 0. The molecule has 0 atom stereocenters. The molecule has 1 heterocycles. The van der Waals surface area contributed by atoms with Crippen molar-refractivity contribution in [3.05, 3.63) is 83.7 Å². The third-order valence-electron chi connectivity index (χ3n) is 3.58. The Kier molecular flexibility index (Phi) is 3.69. The molecule has 0 fully saturated rings. The van der Waals surface area contributed by atoms with Gasteiger partial charge in [-0.1, -0.05) is 36.4 Å². The molecule has 0 unspecified atom stereocenters. The lowest BCUT2D eigenvalue weighted by Crippen LogP contribution is -1.97. The van der Waals surface area contributed by atoms with Crippen LogP contribution in [0.2, 0.25) is 0 Å². The minimum Gasteiger partial charge on any atom is -0.316 e. The molecular formula is C19H18N2. The Morgan fingerprint density at radius 3 is 2.24 bits per heavy atom. The molecule has 0 radical (unpaired) electrons. The zero-order chi connectivity index (χ0) is 14.7. The topological polar surface area (TPSA) is 17.3 Å². The van der Waals surface area contributed by atoms with Crippen molar-refractivity contribution in [2.75, 3.05) is 0 Å². The van der Waals surface area contributed by atoms with Crippen LogP contribution in [0, 0.1) is 13.8 Å². The molecule has 2 nitrogen and oxygen atoms in total. The number of hydrogen-bond donors (Lipinski definition) is 0. The molecule has 2 aromatic carbocycles. The van der Waals surface area contributed by atoms with E-state index in [1.807, 2.05) is 30.5 Å². The van der Waals surface area contributed by atoms with E-state index in [1.54, 1.807) is 0 Å². The third kappa shape index (κ3) is 2.79. The third-order valence-corrected chi connectivity index (χ3v) is 3.58. The molecular weight excluding hydrogens is 256 g/mol. The van der Waals surface area contributed by atoms with Gasteiger partial charge in [-0.3, -0.25) is 4.99 Å². The van der Waals surface area contributed by atoms with Gasteiger partial charge in [0.1, 0.15) is 0 Å². The van der Waals surface area contributed by atoms with Crippen LogP contribution in [-0.4, -0.2) is 10.8 Å². The smallest absolute Gasteiger partial charge is 0.0688 e. The van der Waals surface area contributed by atoms with Crippen molar-refractivity contribution in [2.45, 2.75) is 13.8 Å². The van der Waals surface area contributed by atoms with Crippen LogP contribution < -0.4 is 0 Å². The maximum atomic E-state index is 4.69. The highest BCUT2D eigenvalue weighted by molar-refractivity contribution is 5.82. The zero-order valence-corrected chi connectivity index (χ0v) is 12.3. The summed E-state index contributed by atoms with van der Waals surface area (Å²) in [5, 5.41) is 0. The monoisotopic (exact) mass is 274 g/mol. The maximum Gasteiger partial charge on any atom is 0.0688 e. The maximum absolute atomic E-state index is 4.69. The zero-order valence-electron chi connectivity index (χ0n) is 12.3. The van der Waals surface area contributed by atoms with E-state index in [2.05, 4.69) is 66.0 Å². The Hall–Kier alpha value is -2.61. The molecule has 1 aromatic heterocycles. The summed E-state index contributed by atoms with van der Waals surface area (Å²) in [6.45, 7) is 4.19. The van der Waals surface area contributed by atoms with Gasteiger partial charge in [0, 0.05) is 11.9 Å². The average molecular weight is 274 g/mol. The number of hydrogen-bond acceptors (Lipinski definition) is 1. The number of aromatic nitrogens is 1. The summed E-state index contributed by atoms with van der Waals surface area (Å²) in [5.41, 5.74) is 5.67. The molecule has 0 N–H and O–H groups in total. The van der Waals surface area contributed by atoms with E-state index in [9.17, 15) is 0 Å². The Morgan fingerprint density at radius 1 is 0.810 bits per heavy atom. The fourth-order valence-corrected chi connectivity index (χ4v) is 2.46. The standard InChI is InChI=1S/C19H18N2/c1-15-8-6-9-16(2)19(15)20-14-18-12-7-13-21(18)17-10-4-3-5-11-17/h3-14H,1-2H3. The van der Waals surface area contributed by atoms with Crippen molar-refractivity contribution < 1.29 is 0 Å². The van der Waals surface area contributed by atoms with Crippen LogP contribution in [-0.2, 0) is 0 Å². The van der Waals surface area contributed by atoms with Crippen LogP contribution in [0.1, 0.15) is 16.8 Å². The van der Waals surface area contributed by atoms with Gasteiger partial charge in [0.25, 0.3) is 0 Å². The fourth-order valence-electron chi connectivity index (χ4n) is 2.46. The highest BCUT2D eigenvalue weighted by atomic mass is 15.0. The Morgan fingerprint density at radius 2 is 1.52 bits per heavy atom. The summed E-state index contributed by atoms with van der Waals surface area (Å²) in [4.78, 5) is 4.69. The van der Waals surface area contributed by atoms with Crippen molar-refractivity contribution in [3.8, 4) is 5.69 Å². The first kappa shape index (κ1) is 13.4. The van der Waals surface area contributed by atoms with Gasteiger partial charge in [-0.25, -0.2) is 0 Å². The van der Waals surface area contributed by atoms with Crippen LogP contribution in [0.5, 0.6) is 0 Å². The molecule has 2 heteroatoms. The number of aliphatic imine (C=N–C) groups is 1. The number of para-hydroxylation sites is 2. The molecule has 104 valence electrons. The van der Waals surface area contributed by atoms with Gasteiger partial charge in [-0.05, 0) is 49.2 Å². The molecule has 0 aliphatic rings. The summed E-state index contributed by atoms with van der Waals surface area (Å²) in [6.07, 6.45) is 3.99. The van der Waals surface area contributed by atoms with E-state index < -0.39 is 0 Å². The van der Waals surface area contributed by atoms with Crippen LogP contribution in [0.3, 0.4) is 0 Å². The molecule has 3 aromatic rings. The first-order valence-electron chi connectivity index (χ1n) is 7.09. The highest BCUT2D eigenvalue weighted by Gasteiger charge is 2.02. The number of rotatable bonds is 3. The van der Waals surface area contributed by atoms with E-state index in [0.717, 1.165) is 17.1 Å². The summed E-state index contributed by atoms with van der Waals surface area (Å²) in [7, 11) is 0. The number of benzene rings is 2. The highest BCUT2D eigenvalue weighted by Crippen LogP contribution is 2.23. The molecule has 0 saturated heterocycles. The molecule has 0 aliphatic carbocycles. The van der Waals surface area contributed by atoms with Gasteiger partial charge in [0.05, 0.1) is 17.6 Å². The van der Waals surface area contributed by atoms with Crippen molar-refractivity contribution in [1.82, 2.24) is 4.57 Å². The van der Waals surface area contributed by atoms with Gasteiger partial charge in [0.2, 0.25) is 0 Å². The van der Waals surface area contributed by atoms with E-state index >= 15 is 0 Å². The Balaban J connectivity index is 1.97. The lowest BCUT2D eigenvalue weighted by atomic mass is 10.1. The second-order valence-electron chi connectivity index (χ2n) is 5.14. The second kappa shape index (κ2) is 5.80. The van der Waals surface area contributed by atoms with Crippen LogP contribution in [0.25, 0.3) is 5.69 Å². The molecule has 21 heavy (non-hydrogen) atoms. The SMILES string of the molecule is Cc1cccc(C)c1N=Cc1cccn1-c1ccccc1. The van der Waals surface area contributed by atoms with E-state index in [4.69, 9.17) is 0 Å². The van der Waals surface area contributed by atoms with Crippen molar-refractivity contribution in [2.24, 2.45) is 4.99 Å². The van der Waals surface area contributed by atoms with Gasteiger partial charge < -0.3 is 4.57 Å². The Bertz CT molecular complexity index is 747. The largest absolute Gasteiger partial charge is 0.316 e. The molecule has 0 aliphatic heterocycles. The van der Waals surface area contributed by atoms with E-state index in [1.165, 1.54) is 11.1 Å². The predicted molar refractivity (Wildman–Crippen MR) is 88.9 cm³/mol. The second-order valence-corrected chi connectivity index (χ2v) is 5.14. The normalized spacial score (nSPS) is 11.1. The van der Waals surface area contributed by atoms with Gasteiger partial charge in [-0.15, -0.1) is 0 Å². The van der Waals surface area contributed by atoms with Crippen LogP contribution >= 0.6 is 0 Å². The molecule has 0 spiro atoms. The molecule has 3 rings (SSSR count). The minimum atomic E-state index is 1.05. The number of nitrogens with zero attached hydrogens (tertiary/aromatic N) is 2.